The number of hydrogen-bond donors (Lipinski definition) is 1. The van der Waals surface area contributed by atoms with Gasteiger partial charge in [0.2, 0.25) is 0 Å². The van der Waals surface area contributed by atoms with Gasteiger partial charge in [0.1, 0.15) is 11.6 Å². The summed E-state index contributed by atoms with van der Waals surface area (Å²) in [4.78, 5) is 18.6. The third-order valence-electron chi connectivity index (χ3n) is 3.01. The van der Waals surface area contributed by atoms with Gasteiger partial charge in [-0.15, -0.1) is 0 Å². The van der Waals surface area contributed by atoms with Crippen molar-refractivity contribution in [1.29, 1.82) is 0 Å². The maximum atomic E-state index is 11.5. The number of aryl methyl sites for hydroxylation is 1. The Hall–Kier alpha value is -1.37. The van der Waals surface area contributed by atoms with Crippen LogP contribution in [0.5, 0.6) is 0 Å². The molecular formula is C10H12BrN5O. The largest absolute Gasteiger partial charge is 0.355 e. The molecule has 1 saturated heterocycles. The molecule has 90 valence electrons. The molecule has 1 N–H and O–H groups in total. The van der Waals surface area contributed by atoms with Crippen LogP contribution < -0.4 is 10.6 Å². The molecule has 0 aromatic carbocycles. The van der Waals surface area contributed by atoms with E-state index in [-0.39, 0.29) is 5.69 Å². The molecule has 0 aliphatic carbocycles. The van der Waals surface area contributed by atoms with Crippen LogP contribution in [0.2, 0.25) is 0 Å². The van der Waals surface area contributed by atoms with E-state index in [2.05, 4.69) is 36.0 Å². The number of hydrogen-bond acceptors (Lipinski definition) is 4. The van der Waals surface area contributed by atoms with Crippen molar-refractivity contribution in [3.05, 3.63) is 22.4 Å². The van der Waals surface area contributed by atoms with Crippen molar-refractivity contribution in [3.63, 3.8) is 0 Å². The van der Waals surface area contributed by atoms with E-state index in [4.69, 9.17) is 0 Å². The van der Waals surface area contributed by atoms with Gasteiger partial charge in [-0.25, -0.2) is 19.3 Å². The Morgan fingerprint density at radius 3 is 3.12 bits per heavy atom. The SMILES string of the molecule is Cc1nc(N2CCC(Br)C2)cc2n[nH]c(=O)n12. The summed E-state index contributed by atoms with van der Waals surface area (Å²) < 4.78 is 1.48. The number of rotatable bonds is 1. The molecule has 0 spiro atoms. The molecule has 6 nitrogen and oxygen atoms in total. The summed E-state index contributed by atoms with van der Waals surface area (Å²) in [6.07, 6.45) is 1.11. The third kappa shape index (κ3) is 1.74. The van der Waals surface area contributed by atoms with Crippen molar-refractivity contribution < 1.29 is 0 Å². The number of fused-ring (bicyclic) bond motifs is 1. The van der Waals surface area contributed by atoms with Crippen LogP contribution in [0.4, 0.5) is 5.82 Å². The van der Waals surface area contributed by atoms with Crippen LogP contribution in [0, 0.1) is 6.92 Å². The Labute approximate surface area is 106 Å². The number of anilines is 1. The van der Waals surface area contributed by atoms with Crippen molar-refractivity contribution in [2.45, 2.75) is 18.2 Å². The molecule has 2 aromatic rings. The maximum Gasteiger partial charge on any atom is 0.349 e. The van der Waals surface area contributed by atoms with Gasteiger partial charge < -0.3 is 4.90 Å². The molecule has 0 amide bonds. The Bertz CT molecular complexity index is 619. The molecule has 0 radical (unpaired) electrons. The molecule has 1 aliphatic heterocycles. The minimum Gasteiger partial charge on any atom is -0.355 e. The zero-order chi connectivity index (χ0) is 12.0. The van der Waals surface area contributed by atoms with E-state index < -0.39 is 0 Å². The van der Waals surface area contributed by atoms with Gasteiger partial charge in [-0.2, -0.15) is 5.10 Å². The van der Waals surface area contributed by atoms with Crippen LogP contribution >= 0.6 is 15.9 Å². The lowest BCUT2D eigenvalue weighted by atomic mass is 10.4. The highest BCUT2D eigenvalue weighted by Gasteiger charge is 2.22. The maximum absolute atomic E-state index is 11.5. The Morgan fingerprint density at radius 1 is 1.59 bits per heavy atom. The second-order valence-electron chi connectivity index (χ2n) is 4.22. The fourth-order valence-corrected chi connectivity index (χ4v) is 2.72. The number of nitrogens with zero attached hydrogens (tertiary/aromatic N) is 4. The molecule has 17 heavy (non-hydrogen) atoms. The van der Waals surface area contributed by atoms with Crippen LogP contribution in [0.1, 0.15) is 12.2 Å². The summed E-state index contributed by atoms with van der Waals surface area (Å²) >= 11 is 3.60. The fourth-order valence-electron chi connectivity index (χ4n) is 2.17. The van der Waals surface area contributed by atoms with Crippen LogP contribution in [-0.2, 0) is 0 Å². The van der Waals surface area contributed by atoms with Crippen molar-refractivity contribution in [2.24, 2.45) is 0 Å². The van der Waals surface area contributed by atoms with Crippen LogP contribution in [0.15, 0.2) is 10.9 Å². The first-order chi connectivity index (χ1) is 8.15. The molecule has 1 atom stereocenters. The number of aromatic amines is 1. The van der Waals surface area contributed by atoms with E-state index in [0.29, 0.717) is 16.3 Å². The number of alkyl halides is 1. The van der Waals surface area contributed by atoms with Crippen molar-refractivity contribution in [1.82, 2.24) is 19.6 Å². The predicted octanol–water partition coefficient (Wildman–Crippen LogP) is 0.700. The lowest BCUT2D eigenvalue weighted by molar-refractivity contribution is 0.884. The fraction of sp³-hybridized carbons (Fsp3) is 0.500. The normalized spacial score (nSPS) is 20.4. The van der Waals surface area contributed by atoms with Gasteiger partial charge >= 0.3 is 5.69 Å². The number of halogens is 1. The molecule has 2 aromatic heterocycles. The number of aromatic nitrogens is 4. The predicted molar refractivity (Wildman–Crippen MR) is 67.9 cm³/mol. The van der Waals surface area contributed by atoms with Gasteiger partial charge in [-0.3, -0.25) is 0 Å². The van der Waals surface area contributed by atoms with E-state index in [1.54, 1.807) is 0 Å². The van der Waals surface area contributed by atoms with Crippen LogP contribution in [-0.4, -0.2) is 37.5 Å². The Morgan fingerprint density at radius 2 is 2.41 bits per heavy atom. The number of H-pyrrole nitrogens is 1. The Balaban J connectivity index is 2.10. The lowest BCUT2D eigenvalue weighted by Crippen LogP contribution is -2.22. The average molecular weight is 298 g/mol. The second kappa shape index (κ2) is 3.83. The van der Waals surface area contributed by atoms with Crippen molar-refractivity contribution >= 4 is 27.4 Å². The van der Waals surface area contributed by atoms with Gasteiger partial charge in [-0.05, 0) is 13.3 Å². The van der Waals surface area contributed by atoms with Gasteiger partial charge in [-0.1, -0.05) is 15.9 Å². The average Bonchev–Trinajstić information content (AvgIpc) is 2.86. The first-order valence-electron chi connectivity index (χ1n) is 5.49. The standard InChI is InChI=1S/C10H12BrN5O/c1-6-12-8(15-3-2-7(11)5-15)4-9-13-14-10(17)16(6)9/h4,7H,2-3,5H2,1H3,(H,14,17). The summed E-state index contributed by atoms with van der Waals surface area (Å²) in [6.45, 7) is 3.74. The van der Waals surface area contributed by atoms with Gasteiger partial charge in [0.05, 0.1) is 0 Å². The molecule has 0 saturated carbocycles. The molecule has 3 heterocycles. The van der Waals surface area contributed by atoms with E-state index in [0.717, 1.165) is 25.3 Å². The number of nitrogens with one attached hydrogen (secondary N) is 1. The molecule has 7 heteroatoms. The van der Waals surface area contributed by atoms with Crippen molar-refractivity contribution in [2.75, 3.05) is 18.0 Å². The molecule has 1 fully saturated rings. The van der Waals surface area contributed by atoms with E-state index in [1.807, 2.05) is 13.0 Å². The first-order valence-corrected chi connectivity index (χ1v) is 6.40. The summed E-state index contributed by atoms with van der Waals surface area (Å²) in [5.41, 5.74) is 0.381. The monoisotopic (exact) mass is 297 g/mol. The zero-order valence-corrected chi connectivity index (χ0v) is 10.9. The van der Waals surface area contributed by atoms with Crippen LogP contribution in [0.25, 0.3) is 5.65 Å². The lowest BCUT2D eigenvalue weighted by Gasteiger charge is -2.17. The topological polar surface area (TPSA) is 66.3 Å². The molecule has 0 bridgehead atoms. The summed E-state index contributed by atoms with van der Waals surface area (Å²) in [5, 5.41) is 6.41. The smallest absolute Gasteiger partial charge is 0.349 e. The van der Waals surface area contributed by atoms with Gasteiger partial charge in [0.15, 0.2) is 5.65 Å². The zero-order valence-electron chi connectivity index (χ0n) is 9.35. The van der Waals surface area contributed by atoms with Gasteiger partial charge in [0.25, 0.3) is 0 Å². The molecule has 1 unspecified atom stereocenters. The summed E-state index contributed by atoms with van der Waals surface area (Å²) in [7, 11) is 0. The highest BCUT2D eigenvalue weighted by molar-refractivity contribution is 9.09. The summed E-state index contributed by atoms with van der Waals surface area (Å²) in [6, 6.07) is 1.84. The minimum absolute atomic E-state index is 0.240. The molecule has 1 aliphatic rings. The Kier molecular flexibility index (Phi) is 2.43. The highest BCUT2D eigenvalue weighted by atomic mass is 79.9. The van der Waals surface area contributed by atoms with Gasteiger partial charge in [0, 0.05) is 24.0 Å². The van der Waals surface area contributed by atoms with Crippen molar-refractivity contribution in [3.8, 4) is 0 Å². The third-order valence-corrected chi connectivity index (χ3v) is 3.76. The quantitative estimate of drug-likeness (QED) is 0.787. The molecule has 3 rings (SSSR count). The van der Waals surface area contributed by atoms with E-state index in [9.17, 15) is 4.79 Å². The first kappa shape index (κ1) is 10.8. The van der Waals surface area contributed by atoms with E-state index in [1.165, 1.54) is 4.40 Å². The highest BCUT2D eigenvalue weighted by Crippen LogP contribution is 2.23. The molecular weight excluding hydrogens is 286 g/mol. The second-order valence-corrected chi connectivity index (χ2v) is 5.51. The van der Waals surface area contributed by atoms with Crippen LogP contribution in [0.3, 0.4) is 0 Å². The summed E-state index contributed by atoms with van der Waals surface area (Å²) in [5.74, 6) is 1.55. The van der Waals surface area contributed by atoms with E-state index >= 15 is 0 Å². The minimum atomic E-state index is -0.240.